The number of alkyl halides is 1. The van der Waals surface area contributed by atoms with Gasteiger partial charge in [0, 0.05) is 15.6 Å². The highest BCUT2D eigenvalue weighted by Gasteiger charge is 2.23. The van der Waals surface area contributed by atoms with Gasteiger partial charge in [-0.15, -0.1) is 11.3 Å². The summed E-state index contributed by atoms with van der Waals surface area (Å²) in [7, 11) is 0. The first kappa shape index (κ1) is 9.72. The maximum absolute atomic E-state index is 3.83. The molecule has 1 fully saturated rings. The van der Waals surface area contributed by atoms with Crippen LogP contribution < -0.4 is 0 Å². The summed E-state index contributed by atoms with van der Waals surface area (Å²) in [5, 5.41) is 2.19. The number of rotatable bonds is 1. The lowest BCUT2D eigenvalue weighted by Crippen LogP contribution is -2.08. The molecule has 1 aromatic heterocycles. The zero-order valence-corrected chi connectivity index (χ0v) is 10.1. The van der Waals surface area contributed by atoms with Crippen molar-refractivity contribution in [2.45, 2.75) is 42.8 Å². The molecule has 1 aromatic rings. The van der Waals surface area contributed by atoms with Crippen LogP contribution >= 0.6 is 27.3 Å². The second kappa shape index (κ2) is 4.61. The Balaban J connectivity index is 2.11. The van der Waals surface area contributed by atoms with E-state index >= 15 is 0 Å². The largest absolute Gasteiger partial charge is 0.149 e. The van der Waals surface area contributed by atoms with Crippen molar-refractivity contribution in [2.75, 3.05) is 0 Å². The van der Waals surface area contributed by atoms with Crippen LogP contribution in [0.3, 0.4) is 0 Å². The monoisotopic (exact) mass is 258 g/mol. The second-order valence-corrected chi connectivity index (χ2v) is 5.93. The average molecular weight is 259 g/mol. The van der Waals surface area contributed by atoms with Crippen LogP contribution in [0.1, 0.15) is 42.9 Å². The number of halogens is 1. The summed E-state index contributed by atoms with van der Waals surface area (Å²) in [6.45, 7) is 0. The van der Waals surface area contributed by atoms with E-state index in [0.717, 1.165) is 5.92 Å². The third-order valence-electron chi connectivity index (χ3n) is 2.84. The van der Waals surface area contributed by atoms with Gasteiger partial charge in [0.05, 0.1) is 0 Å². The fraction of sp³-hybridized carbons (Fsp3) is 0.636. The Kier molecular flexibility index (Phi) is 3.45. The Hall–Kier alpha value is 0.180. The van der Waals surface area contributed by atoms with Crippen LogP contribution in [0.5, 0.6) is 0 Å². The molecule has 13 heavy (non-hydrogen) atoms. The highest BCUT2D eigenvalue weighted by Crippen LogP contribution is 2.37. The van der Waals surface area contributed by atoms with E-state index in [9.17, 15) is 0 Å². The highest BCUT2D eigenvalue weighted by atomic mass is 79.9. The van der Waals surface area contributed by atoms with E-state index < -0.39 is 0 Å². The molecule has 0 aliphatic heterocycles. The maximum Gasteiger partial charge on any atom is 0.0222 e. The van der Waals surface area contributed by atoms with Crippen molar-refractivity contribution in [3.8, 4) is 0 Å². The minimum Gasteiger partial charge on any atom is -0.149 e. The smallest absolute Gasteiger partial charge is 0.0222 e. The Labute approximate surface area is 92.5 Å². The number of hydrogen-bond acceptors (Lipinski definition) is 1. The SMILES string of the molecule is BrC1CCCCCC1c1cccs1. The molecule has 0 amide bonds. The Morgan fingerprint density at radius 3 is 2.85 bits per heavy atom. The lowest BCUT2D eigenvalue weighted by Gasteiger charge is -2.17. The molecule has 0 nitrogen and oxygen atoms in total. The molecule has 1 aliphatic rings. The highest BCUT2D eigenvalue weighted by molar-refractivity contribution is 9.09. The molecule has 0 bridgehead atoms. The quantitative estimate of drug-likeness (QED) is 0.512. The van der Waals surface area contributed by atoms with E-state index in [4.69, 9.17) is 0 Å². The van der Waals surface area contributed by atoms with Crippen molar-refractivity contribution >= 4 is 27.3 Å². The van der Waals surface area contributed by atoms with Crippen LogP contribution in [0.25, 0.3) is 0 Å². The minimum absolute atomic E-state index is 0.716. The summed E-state index contributed by atoms with van der Waals surface area (Å²) in [4.78, 5) is 2.29. The van der Waals surface area contributed by atoms with Crippen molar-refractivity contribution in [3.63, 3.8) is 0 Å². The van der Waals surface area contributed by atoms with Gasteiger partial charge in [0.1, 0.15) is 0 Å². The van der Waals surface area contributed by atoms with E-state index in [1.165, 1.54) is 32.1 Å². The van der Waals surface area contributed by atoms with Gasteiger partial charge in [-0.3, -0.25) is 0 Å². The molecule has 2 heteroatoms. The van der Waals surface area contributed by atoms with Gasteiger partial charge in [0.15, 0.2) is 0 Å². The van der Waals surface area contributed by atoms with Crippen LogP contribution in [-0.2, 0) is 0 Å². The van der Waals surface area contributed by atoms with E-state index in [1.54, 1.807) is 4.88 Å². The molecule has 2 rings (SSSR count). The molecule has 1 saturated carbocycles. The predicted octanol–water partition coefficient (Wildman–Crippen LogP) is 4.56. The summed E-state index contributed by atoms with van der Waals surface area (Å²) in [5.74, 6) is 0.780. The van der Waals surface area contributed by atoms with Crippen molar-refractivity contribution in [1.29, 1.82) is 0 Å². The minimum atomic E-state index is 0.716. The first-order chi connectivity index (χ1) is 6.38. The van der Waals surface area contributed by atoms with Crippen LogP contribution in [-0.4, -0.2) is 4.83 Å². The molecule has 0 saturated heterocycles. The van der Waals surface area contributed by atoms with Gasteiger partial charge in [0.25, 0.3) is 0 Å². The lowest BCUT2D eigenvalue weighted by molar-refractivity contribution is 0.622. The molecule has 1 heterocycles. The van der Waals surface area contributed by atoms with Crippen molar-refractivity contribution in [2.24, 2.45) is 0 Å². The van der Waals surface area contributed by atoms with Crippen LogP contribution in [0.4, 0.5) is 0 Å². The topological polar surface area (TPSA) is 0 Å². The molecule has 72 valence electrons. The van der Waals surface area contributed by atoms with Crippen LogP contribution in [0.2, 0.25) is 0 Å². The summed E-state index contributed by atoms with van der Waals surface area (Å²) in [6.07, 6.45) is 6.95. The second-order valence-electron chi connectivity index (χ2n) is 3.78. The first-order valence-electron chi connectivity index (χ1n) is 5.05. The number of hydrogen-bond donors (Lipinski definition) is 0. The van der Waals surface area contributed by atoms with Gasteiger partial charge in [-0.25, -0.2) is 0 Å². The van der Waals surface area contributed by atoms with Crippen molar-refractivity contribution in [3.05, 3.63) is 22.4 Å². The summed E-state index contributed by atoms with van der Waals surface area (Å²) in [5.41, 5.74) is 0. The Morgan fingerprint density at radius 2 is 2.08 bits per heavy atom. The fourth-order valence-corrected chi connectivity index (χ4v) is 4.06. The summed E-state index contributed by atoms with van der Waals surface area (Å²) in [6, 6.07) is 4.46. The molecule has 0 N–H and O–H groups in total. The molecular formula is C11H15BrS. The first-order valence-corrected chi connectivity index (χ1v) is 6.85. The van der Waals surface area contributed by atoms with E-state index in [-0.39, 0.29) is 0 Å². The van der Waals surface area contributed by atoms with Gasteiger partial charge in [0.2, 0.25) is 0 Å². The van der Waals surface area contributed by atoms with E-state index in [2.05, 4.69) is 33.4 Å². The standard InChI is InChI=1S/C11H15BrS/c12-10-6-3-1-2-5-9(10)11-7-4-8-13-11/h4,7-10H,1-3,5-6H2. The third kappa shape index (κ3) is 2.35. The third-order valence-corrected chi connectivity index (χ3v) is 4.94. The summed E-state index contributed by atoms with van der Waals surface area (Å²) < 4.78 is 0. The molecular weight excluding hydrogens is 244 g/mol. The maximum atomic E-state index is 3.83. The van der Waals surface area contributed by atoms with Gasteiger partial charge >= 0.3 is 0 Å². The zero-order chi connectivity index (χ0) is 9.10. The van der Waals surface area contributed by atoms with E-state index in [0.29, 0.717) is 4.83 Å². The molecule has 2 unspecified atom stereocenters. The molecule has 0 spiro atoms. The van der Waals surface area contributed by atoms with Crippen molar-refractivity contribution in [1.82, 2.24) is 0 Å². The van der Waals surface area contributed by atoms with Gasteiger partial charge in [-0.1, -0.05) is 41.3 Å². The molecule has 2 atom stereocenters. The van der Waals surface area contributed by atoms with Gasteiger partial charge < -0.3 is 0 Å². The number of thiophene rings is 1. The normalized spacial score (nSPS) is 29.9. The van der Waals surface area contributed by atoms with Crippen LogP contribution in [0.15, 0.2) is 17.5 Å². The molecule has 0 radical (unpaired) electrons. The Bertz CT molecular complexity index is 243. The van der Waals surface area contributed by atoms with Crippen LogP contribution in [0, 0.1) is 0 Å². The van der Waals surface area contributed by atoms with Gasteiger partial charge in [-0.2, -0.15) is 0 Å². The lowest BCUT2D eigenvalue weighted by atomic mass is 9.99. The molecule has 1 aliphatic carbocycles. The average Bonchev–Trinajstić information content (AvgIpc) is 2.56. The van der Waals surface area contributed by atoms with Gasteiger partial charge in [-0.05, 0) is 24.3 Å². The summed E-state index contributed by atoms with van der Waals surface area (Å²) >= 11 is 5.75. The zero-order valence-electron chi connectivity index (χ0n) is 7.71. The van der Waals surface area contributed by atoms with E-state index in [1.807, 2.05) is 11.3 Å². The molecule has 0 aromatic carbocycles. The fourth-order valence-electron chi connectivity index (χ4n) is 2.09. The van der Waals surface area contributed by atoms with Crippen molar-refractivity contribution < 1.29 is 0 Å². The Morgan fingerprint density at radius 1 is 1.23 bits per heavy atom. The predicted molar refractivity (Wildman–Crippen MR) is 62.9 cm³/mol.